The Morgan fingerprint density at radius 3 is 2.79 bits per heavy atom. The van der Waals surface area contributed by atoms with Crippen molar-refractivity contribution in [1.82, 2.24) is 19.9 Å². The summed E-state index contributed by atoms with van der Waals surface area (Å²) in [6.07, 6.45) is 3.30. The summed E-state index contributed by atoms with van der Waals surface area (Å²) in [6, 6.07) is 9.41. The van der Waals surface area contributed by atoms with E-state index in [2.05, 4.69) is 31.8 Å². The molecule has 0 spiro atoms. The fraction of sp³-hybridized carbons (Fsp3) is 0.143. The van der Waals surface area contributed by atoms with Gasteiger partial charge in [-0.1, -0.05) is 24.0 Å². The van der Waals surface area contributed by atoms with Gasteiger partial charge in [0.25, 0.3) is 0 Å². The van der Waals surface area contributed by atoms with Gasteiger partial charge in [-0.05, 0) is 32.0 Å². The second-order valence-electron chi connectivity index (χ2n) is 6.47. The smallest absolute Gasteiger partial charge is 0.174 e. The van der Waals surface area contributed by atoms with Crippen LogP contribution in [0.3, 0.4) is 0 Å². The number of fused-ring (bicyclic) bond motifs is 1. The number of benzene rings is 1. The van der Waals surface area contributed by atoms with Crippen molar-refractivity contribution in [3.8, 4) is 23.2 Å². The number of aryl methyl sites for hydroxylation is 1. The number of aliphatic hydroxyl groups is 1. The van der Waals surface area contributed by atoms with Gasteiger partial charge in [-0.3, -0.25) is 0 Å². The average molecular weight is 387 g/mol. The van der Waals surface area contributed by atoms with Crippen molar-refractivity contribution in [3.63, 3.8) is 0 Å². The lowest BCUT2D eigenvalue weighted by Gasteiger charge is -2.12. The molecule has 7 heteroatoms. The van der Waals surface area contributed by atoms with Crippen molar-refractivity contribution in [2.75, 3.05) is 5.73 Å². The summed E-state index contributed by atoms with van der Waals surface area (Å²) >= 11 is 1.37. The van der Waals surface area contributed by atoms with E-state index in [1.807, 2.05) is 42.6 Å². The van der Waals surface area contributed by atoms with E-state index < -0.39 is 5.60 Å². The molecular formula is C21H17N5OS. The lowest BCUT2D eigenvalue weighted by molar-refractivity contribution is 0.122. The molecule has 28 heavy (non-hydrogen) atoms. The Bertz CT molecular complexity index is 1220. The number of nitrogen functional groups attached to an aromatic ring is 1. The molecule has 0 saturated carbocycles. The molecule has 0 unspecified atom stereocenters. The minimum absolute atomic E-state index is 0.375. The van der Waals surface area contributed by atoms with Crippen LogP contribution in [-0.4, -0.2) is 25.0 Å². The zero-order chi connectivity index (χ0) is 19.7. The quantitative estimate of drug-likeness (QED) is 0.512. The summed E-state index contributed by atoms with van der Waals surface area (Å²) in [6.45, 7) is 3.55. The number of nitrogens with two attached hydrogens (primary N) is 1. The van der Waals surface area contributed by atoms with Crippen LogP contribution in [0, 0.1) is 18.8 Å². The summed E-state index contributed by atoms with van der Waals surface area (Å²) in [5, 5.41) is 13.8. The number of hydrogen-bond acceptors (Lipinski definition) is 7. The Kier molecular flexibility index (Phi) is 4.51. The first-order valence-corrected chi connectivity index (χ1v) is 9.47. The number of hydrogen-bond donors (Lipinski definition) is 2. The summed E-state index contributed by atoms with van der Waals surface area (Å²) in [5.41, 5.74) is 7.70. The van der Waals surface area contributed by atoms with Crippen molar-refractivity contribution in [1.29, 1.82) is 0 Å². The van der Waals surface area contributed by atoms with Crippen LogP contribution in [0.1, 0.15) is 23.2 Å². The molecule has 4 aromatic rings. The molecule has 0 amide bonds. The van der Waals surface area contributed by atoms with Crippen molar-refractivity contribution >= 4 is 28.1 Å². The molecule has 6 nitrogen and oxygen atoms in total. The molecule has 1 atom stereocenters. The normalized spacial score (nSPS) is 13.0. The maximum absolute atomic E-state index is 10.5. The van der Waals surface area contributed by atoms with E-state index in [1.165, 1.54) is 11.3 Å². The molecule has 4 rings (SSSR count). The molecule has 0 aliphatic rings. The summed E-state index contributed by atoms with van der Waals surface area (Å²) in [4.78, 5) is 17.4. The van der Waals surface area contributed by atoms with Crippen molar-refractivity contribution in [3.05, 3.63) is 64.4 Å². The first-order valence-electron chi connectivity index (χ1n) is 8.59. The molecule has 0 radical (unpaired) electrons. The molecule has 3 aromatic heterocycles. The molecule has 0 aliphatic heterocycles. The highest BCUT2D eigenvalue weighted by atomic mass is 32.1. The largest absolute Gasteiger partial charge is 0.382 e. The topological polar surface area (TPSA) is 97.8 Å². The molecule has 1 aromatic carbocycles. The number of rotatable bonds is 2. The highest BCUT2D eigenvalue weighted by Gasteiger charge is 2.22. The molecule has 138 valence electrons. The van der Waals surface area contributed by atoms with E-state index in [0.717, 1.165) is 22.2 Å². The first kappa shape index (κ1) is 18.0. The summed E-state index contributed by atoms with van der Waals surface area (Å²) in [7, 11) is 0. The molecule has 3 heterocycles. The Balaban J connectivity index is 1.74. The second kappa shape index (κ2) is 7.00. The molecular weight excluding hydrogens is 370 g/mol. The Morgan fingerprint density at radius 2 is 2.00 bits per heavy atom. The number of thiazole rings is 1. The van der Waals surface area contributed by atoms with Gasteiger partial charge in [0.2, 0.25) is 0 Å². The Morgan fingerprint density at radius 1 is 1.14 bits per heavy atom. The van der Waals surface area contributed by atoms with Gasteiger partial charge in [0.05, 0.1) is 0 Å². The van der Waals surface area contributed by atoms with Gasteiger partial charge >= 0.3 is 0 Å². The zero-order valence-electron chi connectivity index (χ0n) is 15.3. The first-order chi connectivity index (χ1) is 13.4. The SMILES string of the molecule is Cc1nc(-c2cccc(C#C[C@@](C)(O)c3nccs3)c2)nc2c(N)nccc12. The fourth-order valence-corrected chi connectivity index (χ4v) is 3.46. The van der Waals surface area contributed by atoms with E-state index >= 15 is 0 Å². The predicted molar refractivity (Wildman–Crippen MR) is 110 cm³/mol. The number of anilines is 1. The minimum Gasteiger partial charge on any atom is -0.382 e. The molecule has 0 aliphatic carbocycles. The Labute approximate surface area is 166 Å². The van der Waals surface area contributed by atoms with E-state index in [9.17, 15) is 5.11 Å². The van der Waals surface area contributed by atoms with Crippen LogP contribution in [0.4, 0.5) is 5.82 Å². The molecule has 0 fully saturated rings. The third kappa shape index (κ3) is 3.43. The van der Waals surface area contributed by atoms with E-state index in [4.69, 9.17) is 5.73 Å². The van der Waals surface area contributed by atoms with Crippen LogP contribution < -0.4 is 5.73 Å². The predicted octanol–water partition coefficient (Wildman–Crippen LogP) is 3.30. The van der Waals surface area contributed by atoms with Crippen LogP contribution in [-0.2, 0) is 5.60 Å². The molecule has 3 N–H and O–H groups in total. The maximum Gasteiger partial charge on any atom is 0.174 e. The van der Waals surface area contributed by atoms with Crippen LogP contribution in [0.2, 0.25) is 0 Å². The Hall–Kier alpha value is -3.34. The lowest BCUT2D eigenvalue weighted by atomic mass is 10.1. The standard InChI is InChI=1S/C21H17N5OS/c1-13-16-7-9-23-18(22)17(16)26-19(25-13)15-5-3-4-14(12-15)6-8-21(2,27)20-24-10-11-28-20/h3-5,7,9-12,27H,1-2H3,(H2,22,23)/t21-/m1/s1. The van der Waals surface area contributed by atoms with Gasteiger partial charge in [0.15, 0.2) is 11.4 Å². The maximum atomic E-state index is 10.5. The third-order valence-corrected chi connectivity index (χ3v) is 5.24. The summed E-state index contributed by atoms with van der Waals surface area (Å²) < 4.78 is 0. The zero-order valence-corrected chi connectivity index (χ0v) is 16.2. The highest BCUT2D eigenvalue weighted by molar-refractivity contribution is 7.09. The lowest BCUT2D eigenvalue weighted by Crippen LogP contribution is -2.17. The van der Waals surface area contributed by atoms with Crippen LogP contribution >= 0.6 is 11.3 Å². The third-order valence-electron chi connectivity index (χ3n) is 4.25. The number of nitrogens with zero attached hydrogens (tertiary/aromatic N) is 4. The van der Waals surface area contributed by atoms with Crippen molar-refractivity contribution in [2.24, 2.45) is 0 Å². The van der Waals surface area contributed by atoms with Gasteiger partial charge in [-0.15, -0.1) is 11.3 Å². The van der Waals surface area contributed by atoms with E-state index in [0.29, 0.717) is 22.2 Å². The van der Waals surface area contributed by atoms with E-state index in [1.54, 1.807) is 19.3 Å². The van der Waals surface area contributed by atoms with Crippen LogP contribution in [0.5, 0.6) is 0 Å². The van der Waals surface area contributed by atoms with Gasteiger partial charge in [-0.25, -0.2) is 19.9 Å². The summed E-state index contributed by atoms with van der Waals surface area (Å²) in [5.74, 6) is 6.84. The molecule has 0 saturated heterocycles. The van der Waals surface area contributed by atoms with Crippen LogP contribution in [0.15, 0.2) is 48.1 Å². The molecule has 0 bridgehead atoms. The van der Waals surface area contributed by atoms with Gasteiger partial charge in [-0.2, -0.15) is 0 Å². The number of pyridine rings is 1. The van der Waals surface area contributed by atoms with Gasteiger partial charge < -0.3 is 10.8 Å². The van der Waals surface area contributed by atoms with Crippen LogP contribution in [0.25, 0.3) is 22.3 Å². The minimum atomic E-state index is -1.31. The van der Waals surface area contributed by atoms with Crippen molar-refractivity contribution in [2.45, 2.75) is 19.4 Å². The average Bonchev–Trinajstić information content (AvgIpc) is 3.23. The number of aromatic nitrogens is 4. The second-order valence-corrected chi connectivity index (χ2v) is 7.36. The van der Waals surface area contributed by atoms with Crippen molar-refractivity contribution < 1.29 is 5.11 Å². The highest BCUT2D eigenvalue weighted by Crippen LogP contribution is 2.25. The van der Waals surface area contributed by atoms with E-state index in [-0.39, 0.29) is 0 Å². The fourth-order valence-electron chi connectivity index (χ4n) is 2.81. The van der Waals surface area contributed by atoms with Gasteiger partial charge in [0, 0.05) is 40.0 Å². The monoisotopic (exact) mass is 387 g/mol. The van der Waals surface area contributed by atoms with Gasteiger partial charge in [0.1, 0.15) is 16.3 Å².